The van der Waals surface area contributed by atoms with Gasteiger partial charge in [0.15, 0.2) is 0 Å². The van der Waals surface area contributed by atoms with Crippen LogP contribution in [0.5, 0.6) is 0 Å². The number of hydrogen-bond donors (Lipinski definition) is 3. The number of amides is 1. The molecule has 0 saturated heterocycles. The van der Waals surface area contributed by atoms with E-state index in [1.54, 1.807) is 36.4 Å². The molecule has 31 heavy (non-hydrogen) atoms. The topological polar surface area (TPSA) is 121 Å². The first kappa shape index (κ1) is 24.7. The Kier molecular flexibility index (Phi) is 8.52. The molecule has 2 rings (SSSR count). The minimum absolute atomic E-state index is 0.0492. The van der Waals surface area contributed by atoms with Gasteiger partial charge in [0.1, 0.15) is 0 Å². The summed E-state index contributed by atoms with van der Waals surface area (Å²) in [6.07, 6.45) is 1.41. The van der Waals surface area contributed by atoms with Gasteiger partial charge in [0.2, 0.25) is 26.0 Å². The number of anilines is 1. The standard InChI is InChI=1S/C21H27N3O5S2/c1-4-12-22-30(26,27)15-18-6-8-19(9-7-18)24-21(25)11-13-23-31(28,29)20-10-5-16(2)17(3)14-20/h4-10,14,22-23H,1,11-13,15H2,2-3H3,(H,24,25). The summed E-state index contributed by atoms with van der Waals surface area (Å²) in [6.45, 7) is 7.30. The Balaban J connectivity index is 1.85. The van der Waals surface area contributed by atoms with E-state index in [1.165, 1.54) is 12.1 Å². The minimum Gasteiger partial charge on any atom is -0.326 e. The van der Waals surface area contributed by atoms with Crippen molar-refractivity contribution >= 4 is 31.6 Å². The molecule has 0 bridgehead atoms. The molecule has 0 aliphatic rings. The van der Waals surface area contributed by atoms with Crippen molar-refractivity contribution in [2.75, 3.05) is 18.4 Å². The molecule has 0 radical (unpaired) electrons. The molecule has 8 nitrogen and oxygen atoms in total. The van der Waals surface area contributed by atoms with Crippen molar-refractivity contribution in [2.45, 2.75) is 30.9 Å². The Labute approximate surface area is 183 Å². The fourth-order valence-corrected chi connectivity index (χ4v) is 4.85. The minimum atomic E-state index is -3.70. The van der Waals surface area contributed by atoms with Gasteiger partial charge in [-0.15, -0.1) is 6.58 Å². The summed E-state index contributed by atoms with van der Waals surface area (Å²) in [5.41, 5.74) is 2.92. The van der Waals surface area contributed by atoms with Gasteiger partial charge < -0.3 is 5.32 Å². The average Bonchev–Trinajstić information content (AvgIpc) is 2.69. The fourth-order valence-electron chi connectivity index (χ4n) is 2.63. The van der Waals surface area contributed by atoms with Crippen LogP contribution in [0.25, 0.3) is 0 Å². The molecule has 10 heteroatoms. The van der Waals surface area contributed by atoms with Gasteiger partial charge in [-0.1, -0.05) is 24.3 Å². The Morgan fingerprint density at radius 2 is 1.65 bits per heavy atom. The van der Waals surface area contributed by atoms with Crippen LogP contribution in [-0.4, -0.2) is 35.8 Å². The molecule has 0 aromatic heterocycles. The average molecular weight is 466 g/mol. The van der Waals surface area contributed by atoms with E-state index in [1.807, 2.05) is 13.8 Å². The number of hydrogen-bond acceptors (Lipinski definition) is 5. The van der Waals surface area contributed by atoms with Crippen LogP contribution < -0.4 is 14.8 Å². The van der Waals surface area contributed by atoms with Crippen molar-refractivity contribution < 1.29 is 21.6 Å². The fraction of sp³-hybridized carbons (Fsp3) is 0.286. The molecule has 2 aromatic rings. The molecular formula is C21H27N3O5S2. The number of benzene rings is 2. The zero-order chi connectivity index (χ0) is 23.1. The lowest BCUT2D eigenvalue weighted by molar-refractivity contribution is -0.116. The van der Waals surface area contributed by atoms with E-state index in [9.17, 15) is 21.6 Å². The maximum atomic E-state index is 12.4. The highest BCUT2D eigenvalue weighted by atomic mass is 32.2. The molecule has 0 spiro atoms. The van der Waals surface area contributed by atoms with Crippen molar-refractivity contribution in [2.24, 2.45) is 0 Å². The molecule has 3 N–H and O–H groups in total. The van der Waals surface area contributed by atoms with Crippen LogP contribution in [0.2, 0.25) is 0 Å². The summed E-state index contributed by atoms with van der Waals surface area (Å²) in [6, 6.07) is 11.2. The molecule has 0 fully saturated rings. The van der Waals surface area contributed by atoms with E-state index < -0.39 is 20.0 Å². The second kappa shape index (κ2) is 10.7. The van der Waals surface area contributed by atoms with Crippen molar-refractivity contribution in [1.29, 1.82) is 0 Å². The maximum absolute atomic E-state index is 12.4. The molecule has 0 atom stereocenters. The van der Waals surface area contributed by atoms with Crippen LogP contribution in [-0.2, 0) is 30.6 Å². The first-order chi connectivity index (χ1) is 14.5. The van der Waals surface area contributed by atoms with E-state index in [-0.39, 0.29) is 36.1 Å². The number of carbonyl (C=O) groups excluding carboxylic acids is 1. The highest BCUT2D eigenvalue weighted by Gasteiger charge is 2.15. The summed E-state index contributed by atoms with van der Waals surface area (Å²) in [7, 11) is -7.16. The lowest BCUT2D eigenvalue weighted by Crippen LogP contribution is -2.28. The van der Waals surface area contributed by atoms with Crippen molar-refractivity contribution in [3.63, 3.8) is 0 Å². The van der Waals surface area contributed by atoms with Gasteiger partial charge >= 0.3 is 0 Å². The first-order valence-corrected chi connectivity index (χ1v) is 12.7. The number of nitrogens with one attached hydrogen (secondary N) is 3. The van der Waals surface area contributed by atoms with Crippen molar-refractivity contribution in [1.82, 2.24) is 9.44 Å². The predicted molar refractivity (Wildman–Crippen MR) is 122 cm³/mol. The van der Waals surface area contributed by atoms with E-state index in [2.05, 4.69) is 21.3 Å². The summed E-state index contributed by atoms with van der Waals surface area (Å²) in [4.78, 5) is 12.3. The third-order valence-electron chi connectivity index (χ3n) is 4.47. The summed E-state index contributed by atoms with van der Waals surface area (Å²) in [5, 5.41) is 2.66. The zero-order valence-electron chi connectivity index (χ0n) is 17.5. The predicted octanol–water partition coefficient (Wildman–Crippen LogP) is 2.22. The van der Waals surface area contributed by atoms with Crippen LogP contribution >= 0.6 is 0 Å². The third kappa shape index (κ3) is 7.91. The summed E-state index contributed by atoms with van der Waals surface area (Å²) >= 11 is 0. The van der Waals surface area contributed by atoms with Gasteiger partial charge in [-0.25, -0.2) is 26.3 Å². The number of rotatable bonds is 11. The van der Waals surface area contributed by atoms with Gasteiger partial charge in [-0.2, -0.15) is 0 Å². The molecule has 0 aliphatic heterocycles. The van der Waals surface area contributed by atoms with Gasteiger partial charge in [-0.3, -0.25) is 4.79 Å². The summed E-state index contributed by atoms with van der Waals surface area (Å²) in [5.74, 6) is -0.550. The SMILES string of the molecule is C=CCNS(=O)(=O)Cc1ccc(NC(=O)CCNS(=O)(=O)c2ccc(C)c(C)c2)cc1. The molecule has 168 valence electrons. The van der Waals surface area contributed by atoms with E-state index in [4.69, 9.17) is 0 Å². The Hall–Kier alpha value is -2.53. The zero-order valence-corrected chi connectivity index (χ0v) is 19.1. The monoisotopic (exact) mass is 465 g/mol. The number of sulfonamides is 2. The van der Waals surface area contributed by atoms with Crippen LogP contribution in [0.4, 0.5) is 5.69 Å². The summed E-state index contributed by atoms with van der Waals surface area (Å²) < 4.78 is 53.3. The Bertz CT molecular complexity index is 1140. The second-order valence-electron chi connectivity index (χ2n) is 7.04. The highest BCUT2D eigenvalue weighted by Crippen LogP contribution is 2.15. The van der Waals surface area contributed by atoms with Gasteiger partial charge in [0.05, 0.1) is 10.6 Å². The number of aryl methyl sites for hydroxylation is 2. The van der Waals surface area contributed by atoms with Crippen LogP contribution in [0.15, 0.2) is 60.0 Å². The maximum Gasteiger partial charge on any atom is 0.240 e. The van der Waals surface area contributed by atoms with Gasteiger partial charge in [-0.05, 0) is 54.8 Å². The lowest BCUT2D eigenvalue weighted by atomic mass is 10.1. The molecule has 0 heterocycles. The van der Waals surface area contributed by atoms with Crippen LogP contribution in [0.1, 0.15) is 23.1 Å². The Morgan fingerprint density at radius 1 is 0.968 bits per heavy atom. The van der Waals surface area contributed by atoms with E-state index >= 15 is 0 Å². The normalized spacial score (nSPS) is 11.8. The molecule has 0 unspecified atom stereocenters. The van der Waals surface area contributed by atoms with E-state index in [0.717, 1.165) is 11.1 Å². The van der Waals surface area contributed by atoms with Gasteiger partial charge in [0.25, 0.3) is 0 Å². The lowest BCUT2D eigenvalue weighted by Gasteiger charge is -2.10. The van der Waals surface area contributed by atoms with Crippen LogP contribution in [0, 0.1) is 13.8 Å². The molecule has 1 amide bonds. The highest BCUT2D eigenvalue weighted by molar-refractivity contribution is 7.89. The molecular weight excluding hydrogens is 438 g/mol. The van der Waals surface area contributed by atoms with Crippen molar-refractivity contribution in [3.8, 4) is 0 Å². The third-order valence-corrected chi connectivity index (χ3v) is 7.25. The molecule has 2 aromatic carbocycles. The largest absolute Gasteiger partial charge is 0.326 e. The van der Waals surface area contributed by atoms with Crippen LogP contribution in [0.3, 0.4) is 0 Å². The number of carbonyl (C=O) groups is 1. The Morgan fingerprint density at radius 3 is 2.26 bits per heavy atom. The smallest absolute Gasteiger partial charge is 0.240 e. The van der Waals surface area contributed by atoms with E-state index in [0.29, 0.717) is 11.3 Å². The quantitative estimate of drug-likeness (QED) is 0.439. The molecule has 0 saturated carbocycles. The van der Waals surface area contributed by atoms with Crippen molar-refractivity contribution in [3.05, 3.63) is 71.8 Å². The molecule has 0 aliphatic carbocycles. The second-order valence-corrected chi connectivity index (χ2v) is 10.6. The van der Waals surface area contributed by atoms with Gasteiger partial charge in [0, 0.05) is 25.2 Å². The first-order valence-electron chi connectivity index (χ1n) is 9.56.